The Bertz CT molecular complexity index is 1360. The highest BCUT2D eigenvalue weighted by molar-refractivity contribution is 6.21. The van der Waals surface area contributed by atoms with E-state index in [1.54, 1.807) is 19.2 Å². The number of carboxylic acids is 1. The Kier molecular flexibility index (Phi) is 4.53. The lowest BCUT2D eigenvalue weighted by Crippen LogP contribution is -2.22. The first-order valence-corrected chi connectivity index (χ1v) is 8.97. The van der Waals surface area contributed by atoms with Crippen molar-refractivity contribution in [2.45, 2.75) is 6.92 Å². The van der Waals surface area contributed by atoms with E-state index < -0.39 is 17.4 Å². The van der Waals surface area contributed by atoms with Gasteiger partial charge in [-0.3, -0.25) is 14.4 Å². The molecule has 2 N–H and O–H groups in total. The van der Waals surface area contributed by atoms with Crippen molar-refractivity contribution in [1.29, 1.82) is 0 Å². The molecular weight excluding hydrogens is 382 g/mol. The Morgan fingerprint density at radius 2 is 1.87 bits per heavy atom. The zero-order valence-corrected chi connectivity index (χ0v) is 15.8. The molecule has 2 aromatic carbocycles. The maximum atomic E-state index is 13.3. The summed E-state index contributed by atoms with van der Waals surface area (Å²) in [5.41, 5.74) is 2.71. The van der Waals surface area contributed by atoms with E-state index >= 15 is 0 Å². The number of hydrogen-bond donors (Lipinski definition) is 2. The van der Waals surface area contributed by atoms with Crippen LogP contribution in [0.15, 0.2) is 58.3 Å². The van der Waals surface area contributed by atoms with Crippen LogP contribution in [0.3, 0.4) is 0 Å². The molecule has 0 spiro atoms. The van der Waals surface area contributed by atoms with Gasteiger partial charge < -0.3 is 10.2 Å². The molecule has 1 aliphatic rings. The molecule has 2 heterocycles. The molecule has 1 aliphatic heterocycles. The predicted molar refractivity (Wildman–Crippen MR) is 114 cm³/mol. The van der Waals surface area contributed by atoms with Crippen molar-refractivity contribution in [2.24, 2.45) is 4.99 Å². The SMILES string of the molecule is [C-]#[N+]c1c(C)c(C=C2C=Nc3ccccc32)c(=O)n(-c2ccc(C(=O)O)cc2)c1O. The number of pyridine rings is 1. The fourth-order valence-corrected chi connectivity index (χ4v) is 3.38. The van der Waals surface area contributed by atoms with Crippen molar-refractivity contribution < 1.29 is 15.0 Å². The van der Waals surface area contributed by atoms with E-state index in [2.05, 4.69) is 9.84 Å². The zero-order chi connectivity index (χ0) is 21.4. The van der Waals surface area contributed by atoms with Gasteiger partial charge in [0.25, 0.3) is 5.56 Å². The number of benzene rings is 2. The van der Waals surface area contributed by atoms with Crippen molar-refractivity contribution in [3.05, 3.63) is 92.6 Å². The van der Waals surface area contributed by atoms with Gasteiger partial charge in [-0.15, -0.1) is 0 Å². The van der Waals surface area contributed by atoms with Crippen molar-refractivity contribution in [2.75, 3.05) is 0 Å². The van der Waals surface area contributed by atoms with Crippen LogP contribution >= 0.6 is 0 Å². The van der Waals surface area contributed by atoms with Gasteiger partial charge in [-0.25, -0.2) is 9.64 Å². The summed E-state index contributed by atoms with van der Waals surface area (Å²) in [4.78, 5) is 32.1. The summed E-state index contributed by atoms with van der Waals surface area (Å²) >= 11 is 0. The fraction of sp³-hybridized carbons (Fsp3) is 0.0435. The van der Waals surface area contributed by atoms with E-state index in [1.165, 1.54) is 24.3 Å². The van der Waals surface area contributed by atoms with Crippen LogP contribution in [0, 0.1) is 13.5 Å². The molecule has 0 fully saturated rings. The maximum Gasteiger partial charge on any atom is 0.335 e. The summed E-state index contributed by atoms with van der Waals surface area (Å²) < 4.78 is 1.01. The van der Waals surface area contributed by atoms with Crippen molar-refractivity contribution in [1.82, 2.24) is 4.57 Å². The van der Waals surface area contributed by atoms with Crippen LogP contribution < -0.4 is 5.56 Å². The van der Waals surface area contributed by atoms with Gasteiger partial charge in [-0.2, -0.15) is 0 Å². The molecule has 4 rings (SSSR count). The number of allylic oxidation sites excluding steroid dienone is 1. The number of aromatic nitrogens is 1. The van der Waals surface area contributed by atoms with E-state index in [0.717, 1.165) is 21.4 Å². The molecule has 146 valence electrons. The number of para-hydroxylation sites is 1. The number of aromatic carboxylic acids is 1. The number of fused-ring (bicyclic) bond motifs is 1. The number of carbonyl (C=O) groups is 1. The predicted octanol–water partition coefficient (Wildman–Crippen LogP) is 4.36. The third-order valence-corrected chi connectivity index (χ3v) is 4.96. The van der Waals surface area contributed by atoms with Crippen LogP contribution in [-0.2, 0) is 0 Å². The number of carboxylic acid groups (broad SMARTS) is 1. The number of hydrogen-bond acceptors (Lipinski definition) is 4. The van der Waals surface area contributed by atoms with Crippen molar-refractivity contribution >= 4 is 35.2 Å². The van der Waals surface area contributed by atoms with E-state index in [9.17, 15) is 14.7 Å². The highest BCUT2D eigenvalue weighted by atomic mass is 16.4. The topological polar surface area (TPSA) is 96.2 Å². The monoisotopic (exact) mass is 397 g/mol. The highest BCUT2D eigenvalue weighted by Crippen LogP contribution is 2.36. The summed E-state index contributed by atoms with van der Waals surface area (Å²) in [6.45, 7) is 9.08. The minimum absolute atomic E-state index is 0.0462. The second-order valence-corrected chi connectivity index (χ2v) is 6.69. The quantitative estimate of drug-likeness (QED) is 0.642. The standard InChI is InChI=1S/C23H15N3O4/c1-13-18(11-15-12-25-19-6-4-3-5-17(15)19)21(27)26(22(28)20(13)24-2)16-9-7-14(8-10-16)23(29)30/h3-12,28H,1H3,(H,29,30). The van der Waals surface area contributed by atoms with Crippen LogP contribution in [-0.4, -0.2) is 27.0 Å². The zero-order valence-electron chi connectivity index (χ0n) is 15.8. The van der Waals surface area contributed by atoms with Crippen molar-refractivity contribution in [3.63, 3.8) is 0 Å². The summed E-state index contributed by atoms with van der Waals surface area (Å²) in [6.07, 6.45) is 3.31. The van der Waals surface area contributed by atoms with Gasteiger partial charge in [0, 0.05) is 22.9 Å². The molecule has 0 bridgehead atoms. The first-order valence-electron chi connectivity index (χ1n) is 8.97. The average Bonchev–Trinajstić information content (AvgIpc) is 3.15. The van der Waals surface area contributed by atoms with Crippen LogP contribution in [0.5, 0.6) is 5.88 Å². The lowest BCUT2D eigenvalue weighted by molar-refractivity contribution is 0.0697. The largest absolute Gasteiger partial charge is 0.502 e. The highest BCUT2D eigenvalue weighted by Gasteiger charge is 2.21. The second kappa shape index (κ2) is 7.18. The molecule has 1 aromatic heterocycles. The Hall–Kier alpha value is -4.44. The molecule has 0 atom stereocenters. The Morgan fingerprint density at radius 1 is 1.17 bits per heavy atom. The van der Waals surface area contributed by atoms with Crippen LogP contribution in [0.4, 0.5) is 11.4 Å². The minimum Gasteiger partial charge on any atom is -0.502 e. The number of nitrogens with zero attached hydrogens (tertiary/aromatic N) is 3. The molecule has 0 unspecified atom stereocenters. The molecule has 0 aliphatic carbocycles. The molecular formula is C23H15N3O4. The Morgan fingerprint density at radius 3 is 2.53 bits per heavy atom. The van der Waals surface area contributed by atoms with Crippen LogP contribution in [0.25, 0.3) is 22.2 Å². The van der Waals surface area contributed by atoms with Gasteiger partial charge in [0.2, 0.25) is 11.6 Å². The van der Waals surface area contributed by atoms with Gasteiger partial charge in [-0.1, -0.05) is 18.2 Å². The molecule has 0 saturated carbocycles. The normalized spacial score (nSPS) is 13.3. The van der Waals surface area contributed by atoms with Gasteiger partial charge in [0.1, 0.15) is 0 Å². The molecule has 7 nitrogen and oxygen atoms in total. The summed E-state index contributed by atoms with van der Waals surface area (Å²) in [6, 6.07) is 13.0. The van der Waals surface area contributed by atoms with E-state index in [-0.39, 0.29) is 22.5 Å². The van der Waals surface area contributed by atoms with E-state index in [4.69, 9.17) is 11.7 Å². The summed E-state index contributed by atoms with van der Waals surface area (Å²) in [5.74, 6) is -1.59. The molecule has 3 aromatic rings. The van der Waals surface area contributed by atoms with E-state index in [1.807, 2.05) is 24.3 Å². The second-order valence-electron chi connectivity index (χ2n) is 6.69. The molecule has 30 heavy (non-hydrogen) atoms. The molecule has 0 amide bonds. The number of aliphatic imine (C=N–C) groups is 1. The average molecular weight is 397 g/mol. The number of aromatic hydroxyl groups is 1. The first kappa shape index (κ1) is 18.9. The van der Waals surface area contributed by atoms with Crippen LogP contribution in [0.2, 0.25) is 0 Å². The lowest BCUT2D eigenvalue weighted by atomic mass is 10.0. The van der Waals surface area contributed by atoms with Gasteiger partial charge in [0.15, 0.2) is 0 Å². The summed E-state index contributed by atoms with van der Waals surface area (Å²) in [5, 5.41) is 19.7. The Labute approximate surface area is 171 Å². The van der Waals surface area contributed by atoms with Crippen LogP contribution in [0.1, 0.15) is 27.0 Å². The smallest absolute Gasteiger partial charge is 0.335 e. The Balaban J connectivity index is 1.96. The summed E-state index contributed by atoms with van der Waals surface area (Å²) in [7, 11) is 0. The molecule has 0 saturated heterocycles. The first-order chi connectivity index (χ1) is 14.4. The maximum absolute atomic E-state index is 13.3. The third-order valence-electron chi connectivity index (χ3n) is 4.96. The fourth-order valence-electron chi connectivity index (χ4n) is 3.38. The van der Waals surface area contributed by atoms with Gasteiger partial charge >= 0.3 is 5.97 Å². The number of rotatable bonds is 3. The van der Waals surface area contributed by atoms with Gasteiger partial charge in [-0.05, 0) is 48.9 Å². The lowest BCUT2D eigenvalue weighted by Gasteiger charge is -2.14. The third kappa shape index (κ3) is 2.97. The molecule has 0 radical (unpaired) electrons. The van der Waals surface area contributed by atoms with Gasteiger partial charge in [0.05, 0.1) is 23.5 Å². The minimum atomic E-state index is -1.10. The van der Waals surface area contributed by atoms with Crippen molar-refractivity contribution in [3.8, 4) is 11.6 Å². The molecule has 7 heteroatoms. The van der Waals surface area contributed by atoms with E-state index in [0.29, 0.717) is 5.56 Å².